The van der Waals surface area contributed by atoms with Gasteiger partial charge in [-0.3, -0.25) is 0 Å². The molecular weight excluding hydrogens is 475 g/mol. The minimum atomic E-state index is -1.48. The van der Waals surface area contributed by atoms with Crippen molar-refractivity contribution in [3.05, 3.63) is 58.9 Å². The fourth-order valence-electron chi connectivity index (χ4n) is 4.15. The molecular formula is C26H32F3N3O4. The van der Waals surface area contributed by atoms with Crippen LogP contribution in [0.25, 0.3) is 0 Å². The first-order chi connectivity index (χ1) is 16.9. The Morgan fingerprint density at radius 1 is 1.11 bits per heavy atom. The van der Waals surface area contributed by atoms with Gasteiger partial charge in [0.15, 0.2) is 17.5 Å². The van der Waals surface area contributed by atoms with E-state index in [0.717, 1.165) is 5.56 Å². The average molecular weight is 508 g/mol. The van der Waals surface area contributed by atoms with Gasteiger partial charge < -0.3 is 24.6 Å². The maximum atomic E-state index is 16.0. The zero-order valence-electron chi connectivity index (χ0n) is 21.2. The van der Waals surface area contributed by atoms with Crippen molar-refractivity contribution >= 4 is 23.4 Å². The third-order valence-electron chi connectivity index (χ3n) is 5.62. The Balaban J connectivity index is 1.97. The lowest BCUT2D eigenvalue weighted by atomic mass is 10.1. The number of rotatable bonds is 7. The molecule has 0 bridgehead atoms. The molecule has 1 atom stereocenters. The van der Waals surface area contributed by atoms with Crippen molar-refractivity contribution in [3.8, 4) is 0 Å². The van der Waals surface area contributed by atoms with Gasteiger partial charge in [0.25, 0.3) is 0 Å². The number of ether oxygens (including phenoxy) is 2. The SMILES string of the molecule is CCOC(=O)c1c(F)c(F)c(N2CCC(NC(=O)OC(C)(C)C)C2)c(F)c1N(C)Cc1ccccc1. The van der Waals surface area contributed by atoms with Gasteiger partial charge in [0.05, 0.1) is 18.3 Å². The summed E-state index contributed by atoms with van der Waals surface area (Å²) in [4.78, 5) is 27.4. The van der Waals surface area contributed by atoms with Crippen LogP contribution < -0.4 is 15.1 Å². The second-order valence-corrected chi connectivity index (χ2v) is 9.65. The smallest absolute Gasteiger partial charge is 0.407 e. The van der Waals surface area contributed by atoms with Crippen molar-refractivity contribution in [2.75, 3.05) is 36.5 Å². The molecule has 10 heteroatoms. The summed E-state index contributed by atoms with van der Waals surface area (Å²) in [5, 5.41) is 2.68. The molecule has 0 radical (unpaired) electrons. The molecule has 0 aromatic heterocycles. The summed E-state index contributed by atoms with van der Waals surface area (Å²) in [6.45, 7) is 6.93. The highest BCUT2D eigenvalue weighted by Crippen LogP contribution is 2.39. The van der Waals surface area contributed by atoms with Crippen LogP contribution in [-0.4, -0.2) is 50.4 Å². The van der Waals surface area contributed by atoms with E-state index in [4.69, 9.17) is 9.47 Å². The zero-order valence-corrected chi connectivity index (χ0v) is 21.2. The molecule has 1 unspecified atom stereocenters. The minimum Gasteiger partial charge on any atom is -0.462 e. The molecule has 7 nitrogen and oxygen atoms in total. The van der Waals surface area contributed by atoms with E-state index in [-0.39, 0.29) is 26.2 Å². The average Bonchev–Trinajstić information content (AvgIpc) is 3.23. The topological polar surface area (TPSA) is 71.1 Å². The number of nitrogens with one attached hydrogen (secondary N) is 1. The number of esters is 1. The van der Waals surface area contributed by atoms with Gasteiger partial charge in [-0.2, -0.15) is 0 Å². The maximum absolute atomic E-state index is 16.0. The van der Waals surface area contributed by atoms with Gasteiger partial charge in [-0.1, -0.05) is 30.3 Å². The molecule has 1 fully saturated rings. The van der Waals surface area contributed by atoms with E-state index in [1.807, 2.05) is 6.07 Å². The molecule has 1 amide bonds. The molecule has 1 N–H and O–H groups in total. The predicted molar refractivity (Wildman–Crippen MR) is 131 cm³/mol. The van der Waals surface area contributed by atoms with Gasteiger partial charge in [0.1, 0.15) is 16.9 Å². The third kappa shape index (κ3) is 6.22. The van der Waals surface area contributed by atoms with E-state index in [1.165, 1.54) is 23.8 Å². The highest BCUT2D eigenvalue weighted by atomic mass is 19.2. The van der Waals surface area contributed by atoms with E-state index >= 15 is 13.2 Å². The number of carbonyl (C=O) groups is 2. The number of anilines is 2. The number of halogens is 3. The van der Waals surface area contributed by atoms with Crippen molar-refractivity contribution in [1.82, 2.24) is 5.32 Å². The largest absolute Gasteiger partial charge is 0.462 e. The van der Waals surface area contributed by atoms with Crippen molar-refractivity contribution in [2.24, 2.45) is 0 Å². The van der Waals surface area contributed by atoms with Crippen molar-refractivity contribution in [2.45, 2.75) is 52.3 Å². The second-order valence-electron chi connectivity index (χ2n) is 9.65. The van der Waals surface area contributed by atoms with Crippen LogP contribution in [0.3, 0.4) is 0 Å². The molecule has 1 saturated heterocycles. The van der Waals surface area contributed by atoms with Gasteiger partial charge in [-0.25, -0.2) is 22.8 Å². The molecule has 1 aliphatic rings. The summed E-state index contributed by atoms with van der Waals surface area (Å²) >= 11 is 0. The van der Waals surface area contributed by atoms with Crippen LogP contribution in [-0.2, 0) is 16.0 Å². The molecule has 1 aliphatic heterocycles. The van der Waals surface area contributed by atoms with Crippen LogP contribution >= 0.6 is 0 Å². The van der Waals surface area contributed by atoms with Crippen LogP contribution in [0.5, 0.6) is 0 Å². The van der Waals surface area contributed by atoms with Gasteiger partial charge in [-0.15, -0.1) is 0 Å². The summed E-state index contributed by atoms with van der Waals surface area (Å²) in [6.07, 6.45) is -0.281. The highest BCUT2D eigenvalue weighted by molar-refractivity contribution is 5.97. The molecule has 1 heterocycles. The van der Waals surface area contributed by atoms with E-state index in [0.29, 0.717) is 6.42 Å². The Morgan fingerprint density at radius 2 is 1.78 bits per heavy atom. The fourth-order valence-corrected chi connectivity index (χ4v) is 4.15. The normalized spacial score (nSPS) is 15.6. The Kier molecular flexibility index (Phi) is 8.37. The number of hydrogen-bond donors (Lipinski definition) is 1. The van der Waals surface area contributed by atoms with Crippen LogP contribution in [0.2, 0.25) is 0 Å². The molecule has 0 spiro atoms. The first-order valence-electron chi connectivity index (χ1n) is 11.8. The summed E-state index contributed by atoms with van der Waals surface area (Å²) in [7, 11) is 1.49. The Bertz CT molecular complexity index is 1110. The lowest BCUT2D eigenvalue weighted by molar-refractivity contribution is 0.0502. The summed E-state index contributed by atoms with van der Waals surface area (Å²) < 4.78 is 56.7. The third-order valence-corrected chi connectivity index (χ3v) is 5.62. The summed E-state index contributed by atoms with van der Waals surface area (Å²) in [5.74, 6) is -5.19. The Hall–Kier alpha value is -3.43. The summed E-state index contributed by atoms with van der Waals surface area (Å²) in [5.41, 5.74) is -1.70. The lowest BCUT2D eigenvalue weighted by Crippen LogP contribution is -2.40. The molecule has 2 aromatic rings. The van der Waals surface area contributed by atoms with Crippen molar-refractivity contribution in [1.29, 1.82) is 0 Å². The van der Waals surface area contributed by atoms with Crippen LogP contribution in [0, 0.1) is 17.5 Å². The second kappa shape index (κ2) is 11.1. The molecule has 2 aromatic carbocycles. The number of alkyl carbamates (subject to hydrolysis) is 1. The minimum absolute atomic E-state index is 0.0348. The summed E-state index contributed by atoms with van der Waals surface area (Å²) in [6, 6.07) is 8.55. The van der Waals surface area contributed by atoms with Crippen LogP contribution in [0.4, 0.5) is 29.3 Å². The van der Waals surface area contributed by atoms with E-state index in [2.05, 4.69) is 5.32 Å². The quantitative estimate of drug-likeness (QED) is 0.419. The predicted octanol–water partition coefficient (Wildman–Crippen LogP) is 5.02. The Labute approximate surface area is 209 Å². The van der Waals surface area contributed by atoms with Crippen molar-refractivity contribution in [3.63, 3.8) is 0 Å². The number of hydrogen-bond acceptors (Lipinski definition) is 6. The molecule has 3 rings (SSSR count). The van der Waals surface area contributed by atoms with E-state index in [9.17, 15) is 9.59 Å². The van der Waals surface area contributed by atoms with Gasteiger partial charge in [0.2, 0.25) is 0 Å². The fraction of sp³-hybridized carbons (Fsp3) is 0.462. The molecule has 196 valence electrons. The van der Waals surface area contributed by atoms with Gasteiger partial charge in [0, 0.05) is 26.7 Å². The maximum Gasteiger partial charge on any atom is 0.407 e. The lowest BCUT2D eigenvalue weighted by Gasteiger charge is -2.28. The van der Waals surface area contributed by atoms with Gasteiger partial charge >= 0.3 is 12.1 Å². The standard InChI is InChI=1S/C26H32F3N3O4/c1-6-35-24(33)18-19(27)20(28)23(21(29)22(18)31(5)14-16-10-8-7-9-11-16)32-13-12-17(15-32)30-25(34)36-26(2,3)4/h7-11,17H,6,12-15H2,1-5H3,(H,30,34). The number of amides is 1. The number of benzene rings is 2. The van der Waals surface area contributed by atoms with Crippen LogP contribution in [0.15, 0.2) is 30.3 Å². The molecule has 0 aliphatic carbocycles. The zero-order chi connectivity index (χ0) is 26.6. The first-order valence-corrected chi connectivity index (χ1v) is 11.8. The first kappa shape index (κ1) is 27.2. The number of carbonyl (C=O) groups excluding carboxylic acids is 2. The van der Waals surface area contributed by atoms with Crippen molar-refractivity contribution < 1.29 is 32.2 Å². The van der Waals surface area contributed by atoms with E-state index < -0.39 is 58.1 Å². The highest BCUT2D eigenvalue weighted by Gasteiger charge is 2.36. The van der Waals surface area contributed by atoms with E-state index in [1.54, 1.807) is 45.0 Å². The molecule has 36 heavy (non-hydrogen) atoms. The number of nitrogens with zero attached hydrogens (tertiary/aromatic N) is 2. The Morgan fingerprint density at radius 3 is 2.39 bits per heavy atom. The monoisotopic (exact) mass is 507 g/mol. The van der Waals surface area contributed by atoms with Crippen LogP contribution in [0.1, 0.15) is 50.0 Å². The van der Waals surface area contributed by atoms with Gasteiger partial charge in [-0.05, 0) is 39.7 Å². The molecule has 0 saturated carbocycles.